The molecule has 8 heteroatoms. The van der Waals surface area contributed by atoms with Crippen molar-refractivity contribution in [1.82, 2.24) is 5.32 Å². The van der Waals surface area contributed by atoms with Crippen LogP contribution < -0.4 is 14.8 Å². The molecule has 0 spiro atoms. The zero-order chi connectivity index (χ0) is 21.5. The molecule has 5 nitrogen and oxygen atoms in total. The molecule has 2 N–H and O–H groups in total. The van der Waals surface area contributed by atoms with Crippen molar-refractivity contribution < 1.29 is 14.6 Å². The van der Waals surface area contributed by atoms with Crippen LogP contribution in [0.1, 0.15) is 35.3 Å². The fourth-order valence-electron chi connectivity index (χ4n) is 3.84. The summed E-state index contributed by atoms with van der Waals surface area (Å²) in [4.78, 5) is 4.95. The third-order valence-electron chi connectivity index (χ3n) is 5.37. The summed E-state index contributed by atoms with van der Waals surface area (Å²) in [5.41, 5.74) is 3.39. The summed E-state index contributed by atoms with van der Waals surface area (Å²) in [6, 6.07) is 16.4. The maximum Gasteiger partial charge on any atom is 0.231 e. The molecule has 3 aromatic carbocycles. The first-order valence-electron chi connectivity index (χ1n) is 9.64. The summed E-state index contributed by atoms with van der Waals surface area (Å²) >= 11 is 16.1. The van der Waals surface area contributed by atoms with Crippen LogP contribution in [0.15, 0.2) is 64.1 Å². The van der Waals surface area contributed by atoms with E-state index in [0.717, 1.165) is 32.6 Å². The monoisotopic (exact) mass is 518 g/mol. The Balaban J connectivity index is 1.59. The van der Waals surface area contributed by atoms with Crippen molar-refractivity contribution in [2.45, 2.75) is 18.6 Å². The average molecular weight is 520 g/mol. The van der Waals surface area contributed by atoms with Crippen LogP contribution in [-0.2, 0) is 0 Å². The van der Waals surface area contributed by atoms with Crippen LogP contribution >= 0.6 is 39.1 Å². The van der Waals surface area contributed by atoms with E-state index in [1.165, 1.54) is 0 Å². The molecule has 31 heavy (non-hydrogen) atoms. The maximum atomic E-state index is 10.5. The summed E-state index contributed by atoms with van der Waals surface area (Å²) in [6.07, 6.45) is 0.160. The number of ether oxygens (including phenoxy) is 2. The van der Waals surface area contributed by atoms with Gasteiger partial charge in [-0.1, -0.05) is 45.2 Å². The minimum atomic E-state index is -0.415. The molecule has 0 unspecified atom stereocenters. The molecule has 0 aliphatic carbocycles. The number of aromatic hydroxyl groups is 1. The van der Waals surface area contributed by atoms with Gasteiger partial charge in [-0.3, -0.25) is 10.3 Å². The molecule has 2 heterocycles. The summed E-state index contributed by atoms with van der Waals surface area (Å²) in [7, 11) is 0. The number of rotatable bonds is 3. The first kappa shape index (κ1) is 20.6. The second-order valence-electron chi connectivity index (χ2n) is 7.34. The van der Waals surface area contributed by atoms with Gasteiger partial charge in [0.1, 0.15) is 11.9 Å². The lowest BCUT2D eigenvalue weighted by molar-refractivity contribution is 0.174. The number of fused-ring (bicyclic) bond motifs is 1. The van der Waals surface area contributed by atoms with Gasteiger partial charge in [-0.2, -0.15) is 0 Å². The van der Waals surface area contributed by atoms with E-state index in [2.05, 4.69) is 21.2 Å². The molecular weight excluding hydrogens is 503 g/mol. The van der Waals surface area contributed by atoms with E-state index < -0.39 is 6.17 Å². The molecule has 0 bridgehead atoms. The summed E-state index contributed by atoms with van der Waals surface area (Å²) in [6.45, 7) is 0.213. The molecular formula is C23H17BrCl2N2O3. The van der Waals surface area contributed by atoms with Crippen LogP contribution in [0.3, 0.4) is 0 Å². The Morgan fingerprint density at radius 2 is 1.81 bits per heavy atom. The zero-order valence-corrected chi connectivity index (χ0v) is 19.2. The van der Waals surface area contributed by atoms with Gasteiger partial charge in [0.2, 0.25) is 6.79 Å². The van der Waals surface area contributed by atoms with E-state index in [9.17, 15) is 5.11 Å². The fourth-order valence-corrected chi connectivity index (χ4v) is 4.73. The molecule has 2 aliphatic rings. The zero-order valence-electron chi connectivity index (χ0n) is 16.1. The van der Waals surface area contributed by atoms with Crippen LogP contribution in [0.5, 0.6) is 17.2 Å². The second-order valence-corrected chi connectivity index (χ2v) is 9.10. The quantitative estimate of drug-likeness (QED) is 0.419. The normalized spacial score (nSPS) is 19.9. The highest BCUT2D eigenvalue weighted by Gasteiger charge is 2.29. The Hall–Kier alpha value is -2.25. The number of aliphatic imine (C=N–C) groups is 1. The van der Waals surface area contributed by atoms with Crippen molar-refractivity contribution in [3.05, 3.63) is 85.8 Å². The molecule has 5 rings (SSSR count). The summed E-state index contributed by atoms with van der Waals surface area (Å²) in [5.74, 6) is 1.63. The van der Waals surface area contributed by atoms with Crippen molar-refractivity contribution >= 4 is 44.8 Å². The highest BCUT2D eigenvalue weighted by atomic mass is 79.9. The molecule has 0 aromatic heterocycles. The van der Waals surface area contributed by atoms with E-state index in [1.54, 1.807) is 18.2 Å². The lowest BCUT2D eigenvalue weighted by Gasteiger charge is -2.31. The van der Waals surface area contributed by atoms with Gasteiger partial charge in [0.05, 0.1) is 0 Å². The summed E-state index contributed by atoms with van der Waals surface area (Å²) < 4.78 is 11.9. The maximum absolute atomic E-state index is 10.5. The van der Waals surface area contributed by atoms with Gasteiger partial charge in [-0.25, -0.2) is 0 Å². The van der Waals surface area contributed by atoms with Crippen molar-refractivity contribution in [3.63, 3.8) is 0 Å². The first-order chi connectivity index (χ1) is 15.0. The fraction of sp³-hybridized carbons (Fsp3) is 0.174. The number of hydrogen-bond donors (Lipinski definition) is 2. The lowest BCUT2D eigenvalue weighted by atomic mass is 9.93. The Kier molecular flexibility index (Phi) is 5.56. The smallest absolute Gasteiger partial charge is 0.231 e. The third-order valence-corrected chi connectivity index (χ3v) is 6.43. The topological polar surface area (TPSA) is 63.1 Å². The molecule has 3 aromatic rings. The van der Waals surface area contributed by atoms with Gasteiger partial charge in [-0.05, 0) is 54.1 Å². The number of hydrogen-bond acceptors (Lipinski definition) is 5. The number of benzene rings is 3. The lowest BCUT2D eigenvalue weighted by Crippen LogP contribution is -2.33. The van der Waals surface area contributed by atoms with Gasteiger partial charge in [0.25, 0.3) is 0 Å². The molecule has 0 radical (unpaired) electrons. The molecule has 158 valence electrons. The van der Waals surface area contributed by atoms with E-state index >= 15 is 0 Å². The van der Waals surface area contributed by atoms with E-state index in [0.29, 0.717) is 22.2 Å². The Morgan fingerprint density at radius 3 is 2.65 bits per heavy atom. The van der Waals surface area contributed by atoms with Crippen LogP contribution in [0.2, 0.25) is 10.0 Å². The van der Waals surface area contributed by atoms with Crippen molar-refractivity contribution in [2.75, 3.05) is 6.79 Å². The Labute approximate surface area is 197 Å². The van der Waals surface area contributed by atoms with Gasteiger partial charge >= 0.3 is 0 Å². The molecule has 0 fully saturated rings. The summed E-state index contributed by atoms with van der Waals surface area (Å²) in [5, 5.41) is 15.1. The highest BCUT2D eigenvalue weighted by Crippen LogP contribution is 2.39. The highest BCUT2D eigenvalue weighted by molar-refractivity contribution is 9.10. The minimum Gasteiger partial charge on any atom is -0.508 e. The van der Waals surface area contributed by atoms with Crippen LogP contribution in [0.4, 0.5) is 0 Å². The van der Waals surface area contributed by atoms with Gasteiger partial charge in [0.15, 0.2) is 11.5 Å². The van der Waals surface area contributed by atoms with E-state index in [-0.39, 0.29) is 18.6 Å². The Bertz CT molecular complexity index is 1200. The van der Waals surface area contributed by atoms with Crippen molar-refractivity contribution in [3.8, 4) is 17.2 Å². The molecule has 0 saturated heterocycles. The van der Waals surface area contributed by atoms with E-state index in [4.69, 9.17) is 37.7 Å². The third kappa shape index (κ3) is 4.13. The molecule has 2 aliphatic heterocycles. The predicted molar refractivity (Wildman–Crippen MR) is 125 cm³/mol. The first-order valence-corrected chi connectivity index (χ1v) is 11.2. The van der Waals surface area contributed by atoms with Crippen molar-refractivity contribution in [2.24, 2.45) is 4.99 Å². The largest absolute Gasteiger partial charge is 0.508 e. The minimum absolute atomic E-state index is 0.188. The van der Waals surface area contributed by atoms with Crippen LogP contribution in [0.25, 0.3) is 0 Å². The number of halogens is 3. The van der Waals surface area contributed by atoms with E-state index in [1.807, 2.05) is 36.4 Å². The second kappa shape index (κ2) is 8.36. The number of nitrogens with zero attached hydrogens (tertiary/aromatic N) is 1. The number of phenolic OH excluding ortho intramolecular Hbond substituents is 1. The van der Waals surface area contributed by atoms with Gasteiger partial charge in [-0.15, -0.1) is 0 Å². The van der Waals surface area contributed by atoms with Crippen molar-refractivity contribution in [1.29, 1.82) is 0 Å². The predicted octanol–water partition coefficient (Wildman–Crippen LogP) is 6.41. The van der Waals surface area contributed by atoms with Crippen LogP contribution in [-0.4, -0.2) is 17.6 Å². The molecule has 0 saturated carbocycles. The number of phenols is 1. The van der Waals surface area contributed by atoms with Gasteiger partial charge < -0.3 is 14.6 Å². The average Bonchev–Trinajstić information content (AvgIpc) is 3.23. The molecule has 0 amide bonds. The van der Waals surface area contributed by atoms with Crippen LogP contribution in [0, 0.1) is 0 Å². The molecule has 2 atom stereocenters. The Morgan fingerprint density at radius 1 is 0.968 bits per heavy atom. The van der Waals surface area contributed by atoms with Gasteiger partial charge in [0, 0.05) is 43.8 Å². The standard InChI is InChI=1S/C23H17BrCl2N2O3/c24-13-2-5-20(29)16(8-13)19-10-18(12-1-6-21-22(7-12)31-11-30-21)27-23(28-19)15-4-3-14(25)9-17(15)26/h1-9,19,23,28-29H,10-11H2/t19-,23+/m0/s1. The SMILES string of the molecule is Oc1ccc(Br)cc1[C@@H]1CC(c2ccc3c(c2)OCO3)=N[C@@H](c2ccc(Cl)cc2Cl)N1. The number of nitrogens with one attached hydrogen (secondary N) is 1.